The third-order valence-corrected chi connectivity index (χ3v) is 2.32. The molecule has 0 aromatic rings. The maximum atomic E-state index is 10.7. The van der Waals surface area contributed by atoms with Crippen LogP contribution in [0, 0.1) is 0 Å². The molecule has 6 nitrogen and oxygen atoms in total. The van der Waals surface area contributed by atoms with Crippen molar-refractivity contribution in [2.75, 3.05) is 0 Å². The summed E-state index contributed by atoms with van der Waals surface area (Å²) in [6.45, 7) is 3.04. The van der Waals surface area contributed by atoms with Gasteiger partial charge in [-0.2, -0.15) is 13.1 Å². The topological polar surface area (TPSA) is 109 Å². The molecule has 0 fully saturated rings. The van der Waals surface area contributed by atoms with E-state index in [0.717, 1.165) is 0 Å². The van der Waals surface area contributed by atoms with Gasteiger partial charge >= 0.3 is 5.97 Å². The summed E-state index contributed by atoms with van der Waals surface area (Å²) in [5.41, 5.74) is -1.51. The Morgan fingerprint density at radius 3 is 2.31 bits per heavy atom. The lowest BCUT2D eigenvalue weighted by atomic mass is 9.98. The molecule has 1 unspecified atom stereocenters. The van der Waals surface area contributed by atoms with Gasteiger partial charge in [-0.1, -0.05) is 13.3 Å². The van der Waals surface area contributed by atoms with Gasteiger partial charge in [-0.05, 0) is 13.3 Å². The van der Waals surface area contributed by atoms with Gasteiger partial charge in [0.25, 0.3) is 10.2 Å². The molecule has 7 heteroatoms. The van der Waals surface area contributed by atoms with Crippen molar-refractivity contribution in [2.45, 2.75) is 32.2 Å². The molecule has 0 spiro atoms. The molecule has 0 radical (unpaired) electrons. The summed E-state index contributed by atoms with van der Waals surface area (Å²) in [6, 6.07) is 0. The molecule has 1 atom stereocenters. The van der Waals surface area contributed by atoms with Gasteiger partial charge in [-0.15, -0.1) is 0 Å². The third kappa shape index (κ3) is 4.20. The van der Waals surface area contributed by atoms with Crippen LogP contribution >= 0.6 is 0 Å². The summed E-state index contributed by atoms with van der Waals surface area (Å²) in [5, 5.41) is 13.4. The van der Waals surface area contributed by atoms with Crippen LogP contribution < -0.4 is 9.86 Å². The molecular formula is C6H14N2O4S. The highest BCUT2D eigenvalue weighted by molar-refractivity contribution is 7.87. The second-order valence-corrected chi connectivity index (χ2v) is 4.33. The first-order chi connectivity index (χ1) is 5.71. The number of hydrogen-bond acceptors (Lipinski definition) is 3. The van der Waals surface area contributed by atoms with Crippen LogP contribution in [-0.4, -0.2) is 25.0 Å². The molecule has 0 rings (SSSR count). The van der Waals surface area contributed by atoms with Crippen LogP contribution in [0.2, 0.25) is 0 Å². The van der Waals surface area contributed by atoms with Crippen LogP contribution in [0.25, 0.3) is 0 Å². The first kappa shape index (κ1) is 12.3. The summed E-state index contributed by atoms with van der Waals surface area (Å²) in [7, 11) is -3.98. The van der Waals surface area contributed by atoms with Crippen molar-refractivity contribution in [1.82, 2.24) is 4.72 Å². The Morgan fingerprint density at radius 1 is 1.62 bits per heavy atom. The normalized spacial score (nSPS) is 16.5. The van der Waals surface area contributed by atoms with Gasteiger partial charge in [0.05, 0.1) is 0 Å². The molecule has 0 aliphatic rings. The standard InChI is InChI=1S/C6H14N2O4S/c1-3-4-6(2,5(9)10)8-13(7,11)12/h8H,3-4H2,1-2H3,(H,9,10)(H2,7,11,12). The Balaban J connectivity index is 4.71. The van der Waals surface area contributed by atoms with Gasteiger partial charge in [-0.3, -0.25) is 4.79 Å². The van der Waals surface area contributed by atoms with Gasteiger partial charge in [0.1, 0.15) is 5.54 Å². The first-order valence-corrected chi connectivity index (χ1v) is 5.31. The number of nitrogens with one attached hydrogen (secondary N) is 1. The maximum absolute atomic E-state index is 10.7. The highest BCUT2D eigenvalue weighted by Gasteiger charge is 2.35. The number of aliphatic carboxylic acids is 1. The highest BCUT2D eigenvalue weighted by atomic mass is 32.2. The minimum Gasteiger partial charge on any atom is -0.480 e. The van der Waals surface area contributed by atoms with Crippen molar-refractivity contribution in [3.8, 4) is 0 Å². The number of rotatable bonds is 5. The van der Waals surface area contributed by atoms with E-state index in [0.29, 0.717) is 6.42 Å². The number of hydrogen-bond donors (Lipinski definition) is 3. The van der Waals surface area contributed by atoms with Gasteiger partial charge < -0.3 is 5.11 Å². The lowest BCUT2D eigenvalue weighted by Gasteiger charge is -2.23. The summed E-state index contributed by atoms with van der Waals surface area (Å²) in [5.74, 6) is -1.23. The number of carboxylic acid groups (broad SMARTS) is 1. The minimum atomic E-state index is -3.98. The number of nitrogens with two attached hydrogens (primary N) is 1. The SMILES string of the molecule is CCCC(C)(NS(N)(=O)=O)C(=O)O. The largest absolute Gasteiger partial charge is 0.480 e. The lowest BCUT2D eigenvalue weighted by molar-refractivity contribution is -0.143. The summed E-state index contributed by atoms with van der Waals surface area (Å²) < 4.78 is 23.1. The monoisotopic (exact) mass is 210 g/mol. The third-order valence-electron chi connectivity index (χ3n) is 1.59. The molecule has 0 aromatic carbocycles. The summed E-state index contributed by atoms with van der Waals surface area (Å²) >= 11 is 0. The molecule has 4 N–H and O–H groups in total. The van der Waals surface area contributed by atoms with Crippen molar-refractivity contribution in [1.29, 1.82) is 0 Å². The fourth-order valence-corrected chi connectivity index (χ4v) is 1.83. The average molecular weight is 210 g/mol. The van der Waals surface area contributed by atoms with E-state index in [2.05, 4.69) is 5.14 Å². The average Bonchev–Trinajstić information content (AvgIpc) is 1.82. The lowest BCUT2D eigenvalue weighted by Crippen LogP contribution is -2.54. The van der Waals surface area contributed by atoms with Crippen LogP contribution in [0.15, 0.2) is 0 Å². The highest BCUT2D eigenvalue weighted by Crippen LogP contribution is 2.12. The molecule has 13 heavy (non-hydrogen) atoms. The van der Waals surface area contributed by atoms with Crippen LogP contribution in [0.5, 0.6) is 0 Å². The fourth-order valence-electron chi connectivity index (χ4n) is 1.02. The minimum absolute atomic E-state index is 0.193. The fraction of sp³-hybridized carbons (Fsp3) is 0.833. The van der Waals surface area contributed by atoms with Crippen LogP contribution in [0.4, 0.5) is 0 Å². The zero-order valence-electron chi connectivity index (χ0n) is 7.57. The molecule has 0 aliphatic carbocycles. The molecule has 78 valence electrons. The Morgan fingerprint density at radius 2 is 2.08 bits per heavy atom. The molecule has 0 aromatic heterocycles. The quantitative estimate of drug-likeness (QED) is 0.564. The molecule has 0 amide bonds. The second kappa shape index (κ2) is 4.03. The molecule has 0 saturated heterocycles. The molecule has 0 saturated carbocycles. The maximum Gasteiger partial charge on any atom is 0.324 e. The van der Waals surface area contributed by atoms with E-state index in [1.54, 1.807) is 6.92 Å². The van der Waals surface area contributed by atoms with Gasteiger partial charge in [0.15, 0.2) is 0 Å². The van der Waals surface area contributed by atoms with Crippen LogP contribution in [0.1, 0.15) is 26.7 Å². The van der Waals surface area contributed by atoms with Crippen molar-refractivity contribution < 1.29 is 18.3 Å². The summed E-state index contributed by atoms with van der Waals surface area (Å²) in [4.78, 5) is 10.7. The second-order valence-electron chi connectivity index (χ2n) is 3.03. The van der Waals surface area contributed by atoms with E-state index < -0.39 is 21.7 Å². The van der Waals surface area contributed by atoms with Crippen molar-refractivity contribution in [2.24, 2.45) is 5.14 Å². The van der Waals surface area contributed by atoms with E-state index in [1.165, 1.54) is 6.92 Å². The van der Waals surface area contributed by atoms with E-state index in [1.807, 2.05) is 4.72 Å². The molecular weight excluding hydrogens is 196 g/mol. The van der Waals surface area contributed by atoms with Crippen molar-refractivity contribution >= 4 is 16.2 Å². The number of carbonyl (C=O) groups is 1. The smallest absolute Gasteiger partial charge is 0.324 e. The van der Waals surface area contributed by atoms with E-state index >= 15 is 0 Å². The summed E-state index contributed by atoms with van der Waals surface area (Å²) in [6.07, 6.45) is 0.740. The van der Waals surface area contributed by atoms with Gasteiger partial charge in [-0.25, -0.2) is 5.14 Å². The van der Waals surface area contributed by atoms with E-state index in [4.69, 9.17) is 5.11 Å². The Bertz CT molecular complexity index is 287. The van der Waals surface area contributed by atoms with Crippen molar-refractivity contribution in [3.63, 3.8) is 0 Å². The van der Waals surface area contributed by atoms with Crippen LogP contribution in [0.3, 0.4) is 0 Å². The predicted octanol–water partition coefficient (Wildman–Crippen LogP) is -0.577. The zero-order valence-corrected chi connectivity index (χ0v) is 8.39. The van der Waals surface area contributed by atoms with Gasteiger partial charge in [0, 0.05) is 0 Å². The van der Waals surface area contributed by atoms with E-state index in [9.17, 15) is 13.2 Å². The first-order valence-electron chi connectivity index (χ1n) is 3.76. The Labute approximate surface area is 77.3 Å². The van der Waals surface area contributed by atoms with Crippen LogP contribution in [-0.2, 0) is 15.0 Å². The van der Waals surface area contributed by atoms with Crippen molar-refractivity contribution in [3.05, 3.63) is 0 Å². The Kier molecular flexibility index (Phi) is 3.83. The predicted molar refractivity (Wildman–Crippen MR) is 47.2 cm³/mol. The zero-order chi connectivity index (χ0) is 10.7. The van der Waals surface area contributed by atoms with E-state index in [-0.39, 0.29) is 6.42 Å². The molecule has 0 heterocycles. The number of carboxylic acids is 1. The van der Waals surface area contributed by atoms with Gasteiger partial charge in [0.2, 0.25) is 0 Å². The molecule has 0 aliphatic heterocycles. The Hall–Kier alpha value is -0.660. The molecule has 0 bridgehead atoms.